The number of hydrogen-bond donors (Lipinski definition) is 0. The van der Waals surface area contributed by atoms with Gasteiger partial charge < -0.3 is 14.4 Å². The monoisotopic (exact) mass is 841 g/mol. The number of nitrogens with zero attached hydrogens (tertiary/aromatic N) is 2. The summed E-state index contributed by atoms with van der Waals surface area (Å²) in [5, 5.41) is 5.76. The first-order chi connectivity index (χ1) is 23.5. The van der Waals surface area contributed by atoms with Gasteiger partial charge in [-0.1, -0.05) is 113 Å². The third-order valence-electron chi connectivity index (χ3n) is 8.65. The van der Waals surface area contributed by atoms with Crippen molar-refractivity contribution in [2.45, 2.75) is 73.5 Å². The third-order valence-corrected chi connectivity index (χ3v) is 10.7. The van der Waals surface area contributed by atoms with E-state index in [1.165, 1.54) is 10.6 Å². The van der Waals surface area contributed by atoms with Crippen molar-refractivity contribution in [2.24, 2.45) is 5.41 Å². The first-order valence-corrected chi connectivity index (χ1v) is 20.2. The van der Waals surface area contributed by atoms with Crippen LogP contribution in [0, 0.1) is 24.5 Å². The summed E-state index contributed by atoms with van der Waals surface area (Å²) in [6.45, 7) is 19.4. The number of rotatable bonds is 5. The summed E-state index contributed by atoms with van der Waals surface area (Å²) in [4.78, 5) is 9.19. The Hall–Kier alpha value is -3.89. The molecule has 4 aromatic carbocycles. The van der Waals surface area contributed by atoms with Crippen LogP contribution in [-0.4, -0.2) is 18.0 Å². The molecule has 7 aromatic rings. The maximum absolute atomic E-state index is 8.44. The molecular weight excluding hydrogens is 793 g/mol. The van der Waals surface area contributed by atoms with Gasteiger partial charge in [0, 0.05) is 39.2 Å². The second-order valence-electron chi connectivity index (χ2n) is 15.2. The minimum atomic E-state index is -1.50. The predicted molar refractivity (Wildman–Crippen MR) is 207 cm³/mol. The molecule has 0 aliphatic heterocycles. The zero-order chi connectivity index (χ0) is 36.0. The van der Waals surface area contributed by atoms with E-state index in [2.05, 4.69) is 105 Å². The van der Waals surface area contributed by atoms with Crippen LogP contribution in [0.1, 0.15) is 59.9 Å². The van der Waals surface area contributed by atoms with E-state index in [0.717, 1.165) is 73.0 Å². The van der Waals surface area contributed by atoms with Crippen molar-refractivity contribution in [3.05, 3.63) is 126 Å². The molecule has 5 heteroatoms. The van der Waals surface area contributed by atoms with Crippen molar-refractivity contribution in [1.82, 2.24) is 9.97 Å². The molecule has 0 fully saturated rings. The van der Waals surface area contributed by atoms with E-state index >= 15 is 0 Å². The van der Waals surface area contributed by atoms with Crippen molar-refractivity contribution in [1.29, 1.82) is 0 Å². The first-order valence-electron chi connectivity index (χ1n) is 17.7. The maximum Gasteiger partial charge on any atom is 0.121 e. The van der Waals surface area contributed by atoms with E-state index in [0.29, 0.717) is 6.17 Å². The summed E-state index contributed by atoms with van der Waals surface area (Å²) < 4.78 is 23.2. The fourth-order valence-corrected chi connectivity index (χ4v) is 7.77. The van der Waals surface area contributed by atoms with E-state index in [1.807, 2.05) is 69.4 Å². The van der Waals surface area contributed by atoms with Gasteiger partial charge in [-0.2, -0.15) is 0 Å². The predicted octanol–water partition coefficient (Wildman–Crippen LogP) is 11.7. The normalized spacial score (nSPS) is 12.7. The Kier molecular flexibility index (Phi) is 9.96. The molecule has 3 nitrogen and oxygen atoms in total. The molecule has 0 saturated carbocycles. The molecule has 3 heterocycles. The summed E-state index contributed by atoms with van der Waals surface area (Å²) in [6.07, 6.45) is 3.19. The summed E-state index contributed by atoms with van der Waals surface area (Å²) in [6, 6.07) is 35.1. The topological polar surface area (TPSA) is 38.9 Å². The Morgan fingerprint density at radius 1 is 0.857 bits per heavy atom. The molecule has 0 unspecified atom stereocenters. The Morgan fingerprint density at radius 3 is 2.22 bits per heavy atom. The van der Waals surface area contributed by atoms with Crippen molar-refractivity contribution in [2.75, 3.05) is 0 Å². The van der Waals surface area contributed by atoms with Crippen LogP contribution >= 0.6 is 0 Å². The number of aromatic nitrogens is 2. The fraction of sp³-hybridized carbons (Fsp3) is 0.273. The minimum Gasteiger partial charge on any atom is -0.501 e. The second-order valence-corrected chi connectivity index (χ2v) is 20.2. The second kappa shape index (κ2) is 14.5. The quantitative estimate of drug-likeness (QED) is 0.128. The largest absolute Gasteiger partial charge is 0.501 e. The number of pyridine rings is 2. The molecular formula is C44H46IrN2OSi-2. The Labute approximate surface area is 309 Å². The van der Waals surface area contributed by atoms with E-state index in [-0.39, 0.29) is 25.5 Å². The van der Waals surface area contributed by atoms with Gasteiger partial charge in [0.25, 0.3) is 0 Å². The zero-order valence-electron chi connectivity index (χ0n) is 32.0. The standard InChI is InChI=1S/C27H24NO.C17H22NSi.Ir/c1-17-16-28-24(13-20(17)15-27(2,3)4)22-11-7-10-21-23-12-18-8-5-6-9-19(18)14-25(23)29-26(21)22;1-13(2)15-11-16(14-9-7-6-8-10-14)18-12-17(15)19(3,4)5;/h5-10,12-14,16H,15H2,1-4H3;6-9,11-13H,1-5H3;/q2*-1;/i16D;13D;. The van der Waals surface area contributed by atoms with Crippen molar-refractivity contribution >= 4 is 46.0 Å². The molecule has 3 aromatic heterocycles. The van der Waals surface area contributed by atoms with Gasteiger partial charge in [-0.25, -0.2) is 0 Å². The van der Waals surface area contributed by atoms with Crippen LogP contribution in [0.2, 0.25) is 19.6 Å². The van der Waals surface area contributed by atoms with Gasteiger partial charge >= 0.3 is 0 Å². The molecule has 0 spiro atoms. The first kappa shape index (κ1) is 33.6. The van der Waals surface area contributed by atoms with Crippen LogP contribution in [0.25, 0.3) is 55.2 Å². The molecule has 0 aliphatic rings. The van der Waals surface area contributed by atoms with Crippen molar-refractivity contribution in [3.63, 3.8) is 0 Å². The zero-order valence-corrected chi connectivity index (χ0v) is 33.4. The smallest absolute Gasteiger partial charge is 0.121 e. The van der Waals surface area contributed by atoms with Crippen LogP contribution in [-0.2, 0) is 26.5 Å². The van der Waals surface area contributed by atoms with Crippen molar-refractivity contribution < 1.29 is 27.3 Å². The van der Waals surface area contributed by atoms with E-state index in [9.17, 15) is 0 Å². The van der Waals surface area contributed by atoms with E-state index < -0.39 is 14.0 Å². The third kappa shape index (κ3) is 8.12. The molecule has 0 amide bonds. The van der Waals surface area contributed by atoms with Gasteiger partial charge in [0.1, 0.15) is 5.58 Å². The van der Waals surface area contributed by atoms with E-state index in [4.69, 9.17) is 7.16 Å². The molecule has 253 valence electrons. The van der Waals surface area contributed by atoms with Crippen LogP contribution in [0.5, 0.6) is 0 Å². The van der Waals surface area contributed by atoms with Crippen LogP contribution in [0.15, 0.2) is 102 Å². The molecule has 0 aliphatic carbocycles. The molecule has 0 N–H and O–H groups in total. The average Bonchev–Trinajstić information content (AvgIpc) is 3.42. The number of furan rings is 1. The van der Waals surface area contributed by atoms with Crippen LogP contribution in [0.4, 0.5) is 0 Å². The summed E-state index contributed by atoms with van der Waals surface area (Å²) in [5.41, 5.74) is 8.42. The van der Waals surface area contributed by atoms with Gasteiger partial charge in [-0.3, -0.25) is 0 Å². The SMILES string of the molecule is [2H]C(C)(C)c1cc(-c2[c-]cccc2)ncc1[Si](C)(C)C.[2H]c1nc(-c2[c-]ccc3c2oc2cc4ccccc4cc23)cc(CC(C)(C)C)c1C.[Ir]. The molecule has 1 radical (unpaired) electrons. The van der Waals surface area contributed by atoms with E-state index in [1.54, 1.807) is 0 Å². The van der Waals surface area contributed by atoms with Crippen LogP contribution < -0.4 is 5.19 Å². The summed E-state index contributed by atoms with van der Waals surface area (Å²) >= 11 is 0. The van der Waals surface area contributed by atoms with Gasteiger partial charge in [0.2, 0.25) is 0 Å². The fourth-order valence-electron chi connectivity index (χ4n) is 6.19. The average molecular weight is 841 g/mol. The molecule has 7 rings (SSSR count). The number of hydrogen-bond acceptors (Lipinski definition) is 3. The molecule has 0 bridgehead atoms. The molecule has 49 heavy (non-hydrogen) atoms. The maximum atomic E-state index is 8.44. The Morgan fingerprint density at radius 2 is 1.57 bits per heavy atom. The van der Waals surface area contributed by atoms with Gasteiger partial charge in [0.05, 0.1) is 15.0 Å². The van der Waals surface area contributed by atoms with Gasteiger partial charge in [-0.15, -0.1) is 54.1 Å². The summed E-state index contributed by atoms with van der Waals surface area (Å²) in [5.74, 6) is -0.609. The van der Waals surface area contributed by atoms with Crippen molar-refractivity contribution in [3.8, 4) is 22.5 Å². The van der Waals surface area contributed by atoms with Gasteiger partial charge in [0.15, 0.2) is 0 Å². The minimum absolute atomic E-state index is 0. The number of fused-ring (bicyclic) bond motifs is 4. The van der Waals surface area contributed by atoms with Gasteiger partial charge in [-0.05, 0) is 69.7 Å². The Bertz CT molecular complexity index is 2330. The van der Waals surface area contributed by atoms with Crippen LogP contribution in [0.3, 0.4) is 0 Å². The molecule has 0 atom stereocenters. The molecule has 0 saturated heterocycles. The number of benzene rings is 4. The Balaban J connectivity index is 0.000000211. The summed E-state index contributed by atoms with van der Waals surface area (Å²) in [7, 11) is -1.50.